The zero-order valence-electron chi connectivity index (χ0n) is 18.8. The first-order valence-electron chi connectivity index (χ1n) is 11.4. The quantitative estimate of drug-likeness (QED) is 0.574. The van der Waals surface area contributed by atoms with Crippen molar-refractivity contribution in [3.05, 3.63) is 47.5 Å². The number of carbonyl (C=O) groups excluding carboxylic acids is 4. The summed E-state index contributed by atoms with van der Waals surface area (Å²) >= 11 is 0. The zero-order chi connectivity index (χ0) is 23.1. The van der Waals surface area contributed by atoms with E-state index in [4.69, 9.17) is 4.74 Å². The van der Waals surface area contributed by atoms with Gasteiger partial charge < -0.3 is 15.0 Å². The number of carbonyl (C=O) groups is 4. The molecule has 3 rings (SSSR count). The lowest BCUT2D eigenvalue weighted by atomic mass is 10.0. The first-order chi connectivity index (χ1) is 15.4. The van der Waals surface area contributed by atoms with Crippen molar-refractivity contribution in [3.63, 3.8) is 0 Å². The van der Waals surface area contributed by atoms with Crippen LogP contribution in [0.25, 0.3) is 0 Å². The lowest BCUT2D eigenvalue weighted by Gasteiger charge is -2.29. The van der Waals surface area contributed by atoms with Crippen LogP contribution < -0.4 is 5.32 Å². The molecule has 1 fully saturated rings. The van der Waals surface area contributed by atoms with Gasteiger partial charge >= 0.3 is 5.97 Å². The number of rotatable bonds is 4. The molecule has 0 saturated carbocycles. The Morgan fingerprint density at radius 3 is 2.59 bits per heavy atom. The number of nitrogens with one attached hydrogen (secondary N) is 1. The molecule has 1 saturated heterocycles. The van der Waals surface area contributed by atoms with Crippen LogP contribution in [0.1, 0.15) is 57.9 Å². The van der Waals surface area contributed by atoms with Crippen molar-refractivity contribution >= 4 is 23.6 Å². The van der Waals surface area contributed by atoms with Crippen molar-refractivity contribution in [3.8, 4) is 0 Å². The number of nitrogens with zero attached hydrogens (tertiary/aromatic N) is 1. The van der Waals surface area contributed by atoms with Crippen LogP contribution in [0.4, 0.5) is 0 Å². The Balaban J connectivity index is 1.91. The molecule has 0 radical (unpaired) electrons. The fourth-order valence-corrected chi connectivity index (χ4v) is 4.27. The second kappa shape index (κ2) is 11.1. The van der Waals surface area contributed by atoms with Gasteiger partial charge in [-0.2, -0.15) is 0 Å². The highest BCUT2D eigenvalue weighted by atomic mass is 16.5. The van der Waals surface area contributed by atoms with E-state index in [2.05, 4.69) is 5.32 Å². The SMILES string of the molecule is CCC[C@@H]1CC=C(C)C(=O)CC(=O)N[C@H](Cc2ccccc2)C(=O)N2CCC[C@H]2C(=O)O1. The Labute approximate surface area is 189 Å². The number of amides is 2. The smallest absolute Gasteiger partial charge is 0.329 e. The van der Waals surface area contributed by atoms with Crippen LogP contribution in [0, 0.1) is 0 Å². The van der Waals surface area contributed by atoms with E-state index in [1.54, 1.807) is 13.0 Å². The van der Waals surface area contributed by atoms with Crippen LogP contribution in [0.15, 0.2) is 42.0 Å². The van der Waals surface area contributed by atoms with E-state index in [0.29, 0.717) is 37.8 Å². The molecule has 0 aliphatic carbocycles. The molecule has 2 heterocycles. The van der Waals surface area contributed by atoms with E-state index in [0.717, 1.165) is 12.0 Å². The topological polar surface area (TPSA) is 92.8 Å². The van der Waals surface area contributed by atoms with Crippen molar-refractivity contribution in [2.75, 3.05) is 6.54 Å². The molecule has 0 unspecified atom stereocenters. The average Bonchev–Trinajstić information content (AvgIpc) is 3.26. The van der Waals surface area contributed by atoms with Gasteiger partial charge in [0.2, 0.25) is 11.8 Å². The third kappa shape index (κ3) is 6.05. The number of hydrogen-bond acceptors (Lipinski definition) is 5. The summed E-state index contributed by atoms with van der Waals surface area (Å²) in [4.78, 5) is 53.1. The molecule has 0 bridgehead atoms. The lowest BCUT2D eigenvalue weighted by molar-refractivity contribution is -0.158. The first-order valence-corrected chi connectivity index (χ1v) is 11.4. The normalized spacial score (nSPS) is 25.5. The van der Waals surface area contributed by atoms with Crippen LogP contribution in [-0.2, 0) is 30.3 Å². The Morgan fingerprint density at radius 2 is 1.88 bits per heavy atom. The Bertz CT molecular complexity index is 880. The molecular formula is C25H32N2O5. The number of hydrogen-bond donors (Lipinski definition) is 1. The highest BCUT2D eigenvalue weighted by Crippen LogP contribution is 2.23. The minimum atomic E-state index is -0.857. The van der Waals surface area contributed by atoms with Gasteiger partial charge in [-0.15, -0.1) is 0 Å². The Morgan fingerprint density at radius 1 is 1.12 bits per heavy atom. The van der Waals surface area contributed by atoms with E-state index < -0.39 is 24.0 Å². The molecule has 1 N–H and O–H groups in total. The highest BCUT2D eigenvalue weighted by Gasteiger charge is 2.39. The van der Waals surface area contributed by atoms with Gasteiger partial charge in [0.05, 0.1) is 6.42 Å². The molecule has 2 amide bonds. The summed E-state index contributed by atoms with van der Waals surface area (Å²) in [5.41, 5.74) is 1.35. The van der Waals surface area contributed by atoms with Crippen molar-refractivity contribution in [2.45, 2.75) is 77.0 Å². The van der Waals surface area contributed by atoms with Crippen molar-refractivity contribution in [1.82, 2.24) is 10.2 Å². The summed E-state index contributed by atoms with van der Waals surface area (Å²) in [5.74, 6) is -1.51. The average molecular weight is 441 g/mol. The molecule has 3 atom stereocenters. The maximum Gasteiger partial charge on any atom is 0.329 e. The Kier molecular flexibility index (Phi) is 8.20. The van der Waals surface area contributed by atoms with Gasteiger partial charge in [-0.1, -0.05) is 49.8 Å². The van der Waals surface area contributed by atoms with E-state index >= 15 is 0 Å². The van der Waals surface area contributed by atoms with Gasteiger partial charge in [0.15, 0.2) is 5.78 Å². The molecular weight excluding hydrogens is 408 g/mol. The predicted molar refractivity (Wildman–Crippen MR) is 120 cm³/mol. The number of allylic oxidation sites excluding steroid dienone is 1. The number of esters is 1. The van der Waals surface area contributed by atoms with Gasteiger partial charge in [0, 0.05) is 19.4 Å². The number of fused-ring (bicyclic) bond motifs is 1. The highest BCUT2D eigenvalue weighted by molar-refractivity contribution is 6.07. The zero-order valence-corrected chi connectivity index (χ0v) is 18.8. The van der Waals surface area contributed by atoms with Gasteiger partial charge in [-0.3, -0.25) is 14.4 Å². The van der Waals surface area contributed by atoms with Crippen LogP contribution in [0.2, 0.25) is 0 Å². The maximum atomic E-state index is 13.5. The number of Topliss-reactive ketones (excluding diaryl/α,β-unsaturated/α-hetero) is 1. The molecule has 7 heteroatoms. The number of ether oxygens (including phenoxy) is 1. The fourth-order valence-electron chi connectivity index (χ4n) is 4.27. The summed E-state index contributed by atoms with van der Waals surface area (Å²) in [5, 5.41) is 2.75. The molecule has 1 aromatic carbocycles. The summed E-state index contributed by atoms with van der Waals surface area (Å²) < 4.78 is 5.78. The van der Waals surface area contributed by atoms with Crippen molar-refractivity contribution in [1.29, 1.82) is 0 Å². The Hall–Kier alpha value is -2.96. The van der Waals surface area contributed by atoms with E-state index in [9.17, 15) is 19.2 Å². The molecule has 172 valence electrons. The van der Waals surface area contributed by atoms with Crippen molar-refractivity contribution in [2.24, 2.45) is 0 Å². The third-order valence-corrected chi connectivity index (χ3v) is 6.07. The summed E-state index contributed by atoms with van der Waals surface area (Å²) in [7, 11) is 0. The number of benzene rings is 1. The molecule has 7 nitrogen and oxygen atoms in total. The van der Waals surface area contributed by atoms with Gasteiger partial charge in [0.1, 0.15) is 18.2 Å². The summed E-state index contributed by atoms with van der Waals surface area (Å²) in [6, 6.07) is 7.88. The monoisotopic (exact) mass is 440 g/mol. The standard InChI is InChI=1S/C25H32N2O5/c1-3-8-19-13-12-17(2)22(28)16-23(29)26-20(15-18-9-5-4-6-10-18)24(30)27-14-7-11-21(27)25(31)32-19/h4-6,9-10,12,19-21H,3,7-8,11,13-16H2,1-2H3,(H,26,29)/t19-,20-,21+/m1/s1. The summed E-state index contributed by atoms with van der Waals surface area (Å²) in [6.07, 6.45) is 4.51. The largest absolute Gasteiger partial charge is 0.461 e. The molecule has 0 aromatic heterocycles. The minimum Gasteiger partial charge on any atom is -0.461 e. The molecule has 0 spiro atoms. The molecule has 1 aromatic rings. The van der Waals surface area contributed by atoms with E-state index in [1.165, 1.54) is 4.90 Å². The summed E-state index contributed by atoms with van der Waals surface area (Å²) in [6.45, 7) is 4.11. The van der Waals surface area contributed by atoms with Gasteiger partial charge in [0.25, 0.3) is 0 Å². The minimum absolute atomic E-state index is 0.283. The van der Waals surface area contributed by atoms with Crippen LogP contribution in [0.3, 0.4) is 0 Å². The number of cyclic esters (lactones) is 1. The molecule has 2 aliphatic heterocycles. The van der Waals surface area contributed by atoms with E-state index in [1.807, 2.05) is 37.3 Å². The first kappa shape index (κ1) is 23.7. The van der Waals surface area contributed by atoms with Gasteiger partial charge in [-0.25, -0.2) is 4.79 Å². The second-order valence-electron chi connectivity index (χ2n) is 8.57. The van der Waals surface area contributed by atoms with Crippen molar-refractivity contribution < 1.29 is 23.9 Å². The van der Waals surface area contributed by atoms with Crippen LogP contribution >= 0.6 is 0 Å². The number of ketones is 1. The third-order valence-electron chi connectivity index (χ3n) is 6.07. The molecule has 32 heavy (non-hydrogen) atoms. The van der Waals surface area contributed by atoms with E-state index in [-0.39, 0.29) is 30.6 Å². The second-order valence-corrected chi connectivity index (χ2v) is 8.57. The molecule has 2 aliphatic rings. The maximum absolute atomic E-state index is 13.5. The van der Waals surface area contributed by atoms with Gasteiger partial charge in [-0.05, 0) is 37.3 Å². The fraction of sp³-hybridized carbons (Fsp3) is 0.520. The van der Waals surface area contributed by atoms with Crippen LogP contribution in [-0.4, -0.2) is 53.2 Å². The lowest BCUT2D eigenvalue weighted by Crippen LogP contribution is -2.53. The van der Waals surface area contributed by atoms with Crippen LogP contribution in [0.5, 0.6) is 0 Å². The predicted octanol–water partition coefficient (Wildman–Crippen LogP) is 2.73.